The fraction of sp³-hybridized carbons (Fsp3) is 0.200. The van der Waals surface area contributed by atoms with E-state index in [9.17, 15) is 4.39 Å². The molecule has 26 heavy (non-hydrogen) atoms. The summed E-state index contributed by atoms with van der Waals surface area (Å²) in [6.45, 7) is 2.88. The van der Waals surface area contributed by atoms with Crippen LogP contribution in [-0.2, 0) is 0 Å². The number of likely N-dealkylation sites (N-methyl/N-ethyl adjacent to an activating group) is 1. The minimum Gasteiger partial charge on any atom is -0.352 e. The van der Waals surface area contributed by atoms with Gasteiger partial charge in [0.15, 0.2) is 5.11 Å². The van der Waals surface area contributed by atoms with Crippen LogP contribution in [0.1, 0.15) is 30.4 Å². The normalized spacial score (nSPS) is 19.6. The monoisotopic (exact) mass is 366 g/mol. The SMILES string of the molecule is CCN1C(=S)N[C@H](c2ccccn2)[C@@H]1c1cccn1-c1ccc(F)cc1. The van der Waals surface area contributed by atoms with E-state index in [4.69, 9.17) is 12.2 Å². The number of halogens is 1. The molecule has 4 rings (SSSR count). The first-order valence-electron chi connectivity index (χ1n) is 8.60. The molecule has 132 valence electrons. The van der Waals surface area contributed by atoms with Gasteiger partial charge < -0.3 is 14.8 Å². The Morgan fingerprint density at radius 1 is 1.12 bits per heavy atom. The molecule has 0 aliphatic carbocycles. The summed E-state index contributed by atoms with van der Waals surface area (Å²) in [4.78, 5) is 6.70. The van der Waals surface area contributed by atoms with E-state index in [0.717, 1.165) is 28.7 Å². The minimum atomic E-state index is -0.243. The summed E-state index contributed by atoms with van der Waals surface area (Å²) < 4.78 is 15.4. The average Bonchev–Trinajstić information content (AvgIpc) is 3.27. The zero-order valence-corrected chi connectivity index (χ0v) is 15.2. The Morgan fingerprint density at radius 2 is 1.92 bits per heavy atom. The number of rotatable bonds is 4. The maximum Gasteiger partial charge on any atom is 0.170 e. The molecule has 0 amide bonds. The number of nitrogens with one attached hydrogen (secondary N) is 1. The molecule has 4 nitrogen and oxygen atoms in total. The first kappa shape index (κ1) is 16.7. The van der Waals surface area contributed by atoms with Gasteiger partial charge in [0, 0.05) is 30.3 Å². The van der Waals surface area contributed by atoms with Crippen LogP contribution in [0.4, 0.5) is 4.39 Å². The second-order valence-corrected chi connectivity index (χ2v) is 6.58. The largest absolute Gasteiger partial charge is 0.352 e. The fourth-order valence-electron chi connectivity index (χ4n) is 3.54. The predicted octanol–water partition coefficient (Wildman–Crippen LogP) is 4.00. The van der Waals surface area contributed by atoms with Crippen molar-refractivity contribution in [3.05, 3.63) is 84.2 Å². The molecule has 2 atom stereocenters. The highest BCUT2D eigenvalue weighted by molar-refractivity contribution is 7.80. The second-order valence-electron chi connectivity index (χ2n) is 6.19. The molecule has 0 spiro atoms. The first-order valence-corrected chi connectivity index (χ1v) is 9.01. The van der Waals surface area contributed by atoms with Gasteiger partial charge in [0.05, 0.1) is 17.8 Å². The molecule has 1 aliphatic rings. The van der Waals surface area contributed by atoms with Gasteiger partial charge in [-0.3, -0.25) is 4.98 Å². The van der Waals surface area contributed by atoms with Crippen LogP contribution in [0, 0.1) is 5.82 Å². The highest BCUT2D eigenvalue weighted by atomic mass is 32.1. The Kier molecular flexibility index (Phi) is 4.42. The molecule has 0 radical (unpaired) electrons. The summed E-state index contributed by atoms with van der Waals surface area (Å²) in [6.07, 6.45) is 3.79. The Morgan fingerprint density at radius 3 is 2.62 bits per heavy atom. The van der Waals surface area contributed by atoms with Gasteiger partial charge in [-0.25, -0.2) is 4.39 Å². The third-order valence-electron chi connectivity index (χ3n) is 4.73. The molecule has 0 bridgehead atoms. The smallest absolute Gasteiger partial charge is 0.170 e. The van der Waals surface area contributed by atoms with Crippen LogP contribution in [0.2, 0.25) is 0 Å². The molecule has 1 aromatic carbocycles. The molecule has 1 fully saturated rings. The third kappa shape index (κ3) is 2.86. The van der Waals surface area contributed by atoms with Gasteiger partial charge in [-0.2, -0.15) is 0 Å². The molecule has 6 heteroatoms. The van der Waals surface area contributed by atoms with Crippen molar-refractivity contribution in [1.82, 2.24) is 19.8 Å². The van der Waals surface area contributed by atoms with E-state index in [1.54, 1.807) is 18.3 Å². The van der Waals surface area contributed by atoms with E-state index >= 15 is 0 Å². The average molecular weight is 366 g/mol. The summed E-state index contributed by atoms with van der Waals surface area (Å²) in [5, 5.41) is 4.14. The molecule has 0 unspecified atom stereocenters. The highest BCUT2D eigenvalue weighted by Gasteiger charge is 2.40. The maximum atomic E-state index is 13.3. The van der Waals surface area contributed by atoms with E-state index in [1.807, 2.05) is 30.5 Å². The number of benzene rings is 1. The lowest BCUT2D eigenvalue weighted by molar-refractivity contribution is 0.321. The summed E-state index contributed by atoms with van der Waals surface area (Å²) in [7, 11) is 0. The van der Waals surface area contributed by atoms with Crippen molar-refractivity contribution < 1.29 is 4.39 Å². The van der Waals surface area contributed by atoms with Gasteiger partial charge in [-0.15, -0.1) is 0 Å². The third-order valence-corrected chi connectivity index (χ3v) is 5.08. The summed E-state index contributed by atoms with van der Waals surface area (Å²) in [5.41, 5.74) is 2.95. The Bertz CT molecular complexity index is 907. The van der Waals surface area contributed by atoms with Crippen LogP contribution in [0.15, 0.2) is 67.0 Å². The Balaban J connectivity index is 1.80. The van der Waals surface area contributed by atoms with Crippen molar-refractivity contribution in [2.45, 2.75) is 19.0 Å². The predicted molar refractivity (Wildman–Crippen MR) is 104 cm³/mol. The lowest BCUT2D eigenvalue weighted by atomic mass is 10.0. The van der Waals surface area contributed by atoms with Gasteiger partial charge in [0.25, 0.3) is 0 Å². The molecule has 3 aromatic rings. The lowest BCUT2D eigenvalue weighted by Gasteiger charge is -2.27. The molecule has 2 aromatic heterocycles. The standard InChI is InChI=1S/C20H19FN4S/c1-2-24-19(18(23-20(24)26)16-6-3-4-12-22-16)17-7-5-13-25(17)15-10-8-14(21)9-11-15/h3-13,18-19H,2H2,1H3,(H,23,26)/t18-,19+/m1/s1. The Labute approximate surface area is 157 Å². The highest BCUT2D eigenvalue weighted by Crippen LogP contribution is 2.39. The van der Waals surface area contributed by atoms with Crippen LogP contribution in [0.25, 0.3) is 5.69 Å². The zero-order valence-electron chi connectivity index (χ0n) is 14.3. The quantitative estimate of drug-likeness (QED) is 0.708. The van der Waals surface area contributed by atoms with Crippen molar-refractivity contribution in [3.63, 3.8) is 0 Å². The number of hydrogen-bond donors (Lipinski definition) is 1. The van der Waals surface area contributed by atoms with Crippen molar-refractivity contribution in [2.75, 3.05) is 6.54 Å². The van der Waals surface area contributed by atoms with Crippen molar-refractivity contribution >= 4 is 17.3 Å². The van der Waals surface area contributed by atoms with Crippen LogP contribution in [0.5, 0.6) is 0 Å². The Hall–Kier alpha value is -2.73. The first-order chi connectivity index (χ1) is 12.7. The topological polar surface area (TPSA) is 33.1 Å². The van der Waals surface area contributed by atoms with Gasteiger partial charge in [0.1, 0.15) is 5.82 Å². The van der Waals surface area contributed by atoms with Gasteiger partial charge in [-0.05, 0) is 67.7 Å². The molecule has 0 saturated carbocycles. The van der Waals surface area contributed by atoms with Gasteiger partial charge in [0.2, 0.25) is 0 Å². The van der Waals surface area contributed by atoms with E-state index < -0.39 is 0 Å². The molecular formula is C20H19FN4S. The molecule has 3 heterocycles. The zero-order chi connectivity index (χ0) is 18.1. The van der Waals surface area contributed by atoms with Crippen LogP contribution in [0.3, 0.4) is 0 Å². The minimum absolute atomic E-state index is 0.00227. The van der Waals surface area contributed by atoms with Crippen LogP contribution >= 0.6 is 12.2 Å². The molecule has 1 N–H and O–H groups in total. The number of pyridine rings is 1. The van der Waals surface area contributed by atoms with Gasteiger partial charge >= 0.3 is 0 Å². The summed E-state index contributed by atoms with van der Waals surface area (Å²) in [5.74, 6) is -0.243. The molecule has 1 saturated heterocycles. The van der Waals surface area contributed by atoms with E-state index in [1.165, 1.54) is 12.1 Å². The summed E-state index contributed by atoms with van der Waals surface area (Å²) in [6, 6.07) is 16.5. The van der Waals surface area contributed by atoms with Gasteiger partial charge in [-0.1, -0.05) is 6.07 Å². The van der Waals surface area contributed by atoms with Crippen LogP contribution in [-0.4, -0.2) is 26.1 Å². The van der Waals surface area contributed by atoms with Crippen molar-refractivity contribution in [3.8, 4) is 5.69 Å². The fourth-order valence-corrected chi connectivity index (χ4v) is 3.91. The maximum absolute atomic E-state index is 13.3. The van der Waals surface area contributed by atoms with E-state index in [-0.39, 0.29) is 17.9 Å². The van der Waals surface area contributed by atoms with E-state index in [0.29, 0.717) is 0 Å². The summed E-state index contributed by atoms with van der Waals surface area (Å²) >= 11 is 5.57. The number of nitrogens with zero attached hydrogens (tertiary/aromatic N) is 3. The number of thiocarbonyl (C=S) groups is 1. The van der Waals surface area contributed by atoms with E-state index in [2.05, 4.69) is 32.8 Å². The van der Waals surface area contributed by atoms with Crippen molar-refractivity contribution in [2.24, 2.45) is 0 Å². The number of aromatic nitrogens is 2. The number of hydrogen-bond acceptors (Lipinski definition) is 2. The lowest BCUT2D eigenvalue weighted by Crippen LogP contribution is -2.30. The van der Waals surface area contributed by atoms with Crippen LogP contribution < -0.4 is 5.32 Å². The second kappa shape index (κ2) is 6.88. The molecule has 1 aliphatic heterocycles. The van der Waals surface area contributed by atoms with Crippen molar-refractivity contribution in [1.29, 1.82) is 0 Å². The molecular weight excluding hydrogens is 347 g/mol.